The number of hydrogen-bond acceptors (Lipinski definition) is 3. The highest BCUT2D eigenvalue weighted by atomic mass is 16.5. The maximum Gasteiger partial charge on any atom is 0.302 e. The molecule has 0 spiro atoms. The fourth-order valence-electron chi connectivity index (χ4n) is 3.83. The SMILES string of the molecule is CCCCC(C)(O)C/C=C/[C@H]1C=CC[C@@H]1CCCCCCCCOC(C)=O. The number of ether oxygens (including phenoxy) is 1. The molecule has 0 fully saturated rings. The lowest BCUT2D eigenvalue weighted by molar-refractivity contribution is -0.141. The first-order valence-electron chi connectivity index (χ1n) is 11.1. The van der Waals surface area contributed by atoms with Crippen LogP contribution < -0.4 is 0 Å². The minimum Gasteiger partial charge on any atom is -0.466 e. The van der Waals surface area contributed by atoms with Gasteiger partial charge in [0.15, 0.2) is 0 Å². The van der Waals surface area contributed by atoms with Crippen LogP contribution in [0, 0.1) is 11.8 Å². The Morgan fingerprint density at radius 2 is 1.89 bits per heavy atom. The topological polar surface area (TPSA) is 46.5 Å². The Morgan fingerprint density at radius 3 is 2.59 bits per heavy atom. The monoisotopic (exact) mass is 378 g/mol. The number of aliphatic hydroxyl groups is 1. The van der Waals surface area contributed by atoms with Crippen molar-refractivity contribution in [1.29, 1.82) is 0 Å². The highest BCUT2D eigenvalue weighted by Gasteiger charge is 2.21. The molecule has 0 aromatic carbocycles. The Morgan fingerprint density at radius 1 is 1.19 bits per heavy atom. The summed E-state index contributed by atoms with van der Waals surface area (Å²) in [6.45, 7) is 6.17. The maximum atomic E-state index is 10.7. The van der Waals surface area contributed by atoms with Crippen LogP contribution in [0.15, 0.2) is 24.3 Å². The van der Waals surface area contributed by atoms with Crippen LogP contribution in [0.2, 0.25) is 0 Å². The molecule has 0 aliphatic heterocycles. The smallest absolute Gasteiger partial charge is 0.302 e. The van der Waals surface area contributed by atoms with Crippen molar-refractivity contribution < 1.29 is 14.6 Å². The van der Waals surface area contributed by atoms with E-state index in [1.165, 1.54) is 45.4 Å². The Labute approximate surface area is 167 Å². The Hall–Kier alpha value is -1.09. The third kappa shape index (κ3) is 12.1. The summed E-state index contributed by atoms with van der Waals surface area (Å²) in [6, 6.07) is 0. The molecule has 1 rings (SSSR count). The number of carbonyl (C=O) groups is 1. The van der Waals surface area contributed by atoms with E-state index in [2.05, 4.69) is 31.2 Å². The molecule has 3 nitrogen and oxygen atoms in total. The van der Waals surface area contributed by atoms with Crippen LogP contribution in [0.3, 0.4) is 0 Å². The second-order valence-electron chi connectivity index (χ2n) is 8.48. The summed E-state index contributed by atoms with van der Waals surface area (Å²) in [7, 11) is 0. The van der Waals surface area contributed by atoms with E-state index in [4.69, 9.17) is 4.74 Å². The van der Waals surface area contributed by atoms with Gasteiger partial charge in [-0.3, -0.25) is 4.79 Å². The lowest BCUT2D eigenvalue weighted by Gasteiger charge is -2.22. The molecule has 0 radical (unpaired) electrons. The van der Waals surface area contributed by atoms with Crippen LogP contribution in [-0.2, 0) is 9.53 Å². The molecule has 0 saturated heterocycles. The average Bonchev–Trinajstić information content (AvgIpc) is 3.05. The second-order valence-corrected chi connectivity index (χ2v) is 8.48. The first kappa shape index (κ1) is 23.9. The van der Waals surface area contributed by atoms with E-state index in [9.17, 15) is 9.90 Å². The van der Waals surface area contributed by atoms with Crippen LogP contribution in [-0.4, -0.2) is 23.3 Å². The first-order chi connectivity index (χ1) is 12.9. The van der Waals surface area contributed by atoms with Gasteiger partial charge in [-0.1, -0.05) is 76.2 Å². The molecule has 0 aromatic rings. The molecule has 156 valence electrons. The molecule has 1 N–H and O–H groups in total. The van der Waals surface area contributed by atoms with Crippen molar-refractivity contribution in [1.82, 2.24) is 0 Å². The lowest BCUT2D eigenvalue weighted by Crippen LogP contribution is -2.22. The van der Waals surface area contributed by atoms with Crippen molar-refractivity contribution in [2.75, 3.05) is 6.61 Å². The van der Waals surface area contributed by atoms with Gasteiger partial charge in [-0.15, -0.1) is 0 Å². The molecule has 1 aliphatic rings. The molecular weight excluding hydrogens is 336 g/mol. The summed E-state index contributed by atoms with van der Waals surface area (Å²) in [5.74, 6) is 1.12. The Bertz CT molecular complexity index is 451. The van der Waals surface area contributed by atoms with Gasteiger partial charge in [0, 0.05) is 6.92 Å². The highest BCUT2D eigenvalue weighted by Crippen LogP contribution is 2.31. The largest absolute Gasteiger partial charge is 0.466 e. The zero-order valence-corrected chi connectivity index (χ0v) is 17.9. The first-order valence-corrected chi connectivity index (χ1v) is 11.1. The van der Waals surface area contributed by atoms with Gasteiger partial charge in [-0.05, 0) is 50.9 Å². The van der Waals surface area contributed by atoms with Gasteiger partial charge >= 0.3 is 5.97 Å². The van der Waals surface area contributed by atoms with Gasteiger partial charge in [0.2, 0.25) is 0 Å². The van der Waals surface area contributed by atoms with Crippen molar-refractivity contribution in [2.24, 2.45) is 11.8 Å². The van der Waals surface area contributed by atoms with Crippen molar-refractivity contribution in [3.05, 3.63) is 24.3 Å². The fraction of sp³-hybridized carbons (Fsp3) is 0.792. The summed E-state index contributed by atoms with van der Waals surface area (Å²) in [6.07, 6.45) is 22.8. The molecular formula is C24H42O3. The molecule has 0 heterocycles. The van der Waals surface area contributed by atoms with Gasteiger partial charge in [-0.2, -0.15) is 0 Å². The standard InChI is InChI=1S/C24H42O3/c1-4-5-18-24(3,26)19-13-17-23-16-12-15-22(23)14-10-8-6-7-9-11-20-27-21(2)25/h12-13,16-17,22-23,26H,4-11,14-15,18-20H2,1-3H3/b17-13+/t22-,23+,24?/m0/s1. The molecule has 27 heavy (non-hydrogen) atoms. The van der Waals surface area contributed by atoms with Crippen LogP contribution >= 0.6 is 0 Å². The van der Waals surface area contributed by atoms with E-state index in [0.29, 0.717) is 12.5 Å². The van der Waals surface area contributed by atoms with E-state index in [0.717, 1.165) is 44.4 Å². The zero-order valence-electron chi connectivity index (χ0n) is 17.9. The molecule has 0 bridgehead atoms. The minimum absolute atomic E-state index is 0.173. The number of allylic oxidation sites excluding steroid dienone is 3. The molecule has 3 atom stereocenters. The van der Waals surface area contributed by atoms with E-state index < -0.39 is 5.60 Å². The number of carbonyl (C=O) groups excluding carboxylic acids is 1. The number of esters is 1. The summed E-state index contributed by atoms with van der Waals surface area (Å²) < 4.78 is 4.95. The second kappa shape index (κ2) is 14.0. The van der Waals surface area contributed by atoms with Gasteiger partial charge in [0.05, 0.1) is 12.2 Å². The Kier molecular flexibility index (Phi) is 12.4. The van der Waals surface area contributed by atoms with Gasteiger partial charge in [0.25, 0.3) is 0 Å². The molecule has 1 unspecified atom stereocenters. The predicted molar refractivity (Wildman–Crippen MR) is 114 cm³/mol. The van der Waals surface area contributed by atoms with Gasteiger partial charge in [0.1, 0.15) is 0 Å². The summed E-state index contributed by atoms with van der Waals surface area (Å²) >= 11 is 0. The predicted octanol–water partition coefficient (Wildman–Crippen LogP) is 6.36. The summed E-state index contributed by atoms with van der Waals surface area (Å²) in [5, 5.41) is 10.4. The van der Waals surface area contributed by atoms with E-state index in [1.807, 2.05) is 6.92 Å². The van der Waals surface area contributed by atoms with Crippen molar-refractivity contribution in [3.8, 4) is 0 Å². The highest BCUT2D eigenvalue weighted by molar-refractivity contribution is 5.65. The van der Waals surface area contributed by atoms with Crippen LogP contribution in [0.5, 0.6) is 0 Å². The molecule has 0 amide bonds. The van der Waals surface area contributed by atoms with Crippen LogP contribution in [0.25, 0.3) is 0 Å². The number of unbranched alkanes of at least 4 members (excludes halogenated alkanes) is 6. The zero-order chi connectivity index (χ0) is 20.0. The van der Waals surface area contributed by atoms with Crippen molar-refractivity contribution in [2.45, 2.75) is 103 Å². The van der Waals surface area contributed by atoms with E-state index in [-0.39, 0.29) is 5.97 Å². The summed E-state index contributed by atoms with van der Waals surface area (Å²) in [4.78, 5) is 10.7. The molecule has 3 heteroatoms. The number of rotatable bonds is 15. The minimum atomic E-state index is -0.556. The molecule has 0 saturated carbocycles. The normalized spacial score (nSPS) is 21.6. The van der Waals surface area contributed by atoms with E-state index in [1.54, 1.807) is 0 Å². The van der Waals surface area contributed by atoms with Crippen molar-refractivity contribution >= 4 is 5.97 Å². The molecule has 1 aliphatic carbocycles. The molecule has 0 aromatic heterocycles. The third-order valence-electron chi connectivity index (χ3n) is 5.60. The lowest BCUT2D eigenvalue weighted by atomic mass is 9.88. The maximum absolute atomic E-state index is 10.7. The third-order valence-corrected chi connectivity index (χ3v) is 5.60. The van der Waals surface area contributed by atoms with E-state index >= 15 is 0 Å². The average molecular weight is 379 g/mol. The number of hydrogen-bond donors (Lipinski definition) is 1. The van der Waals surface area contributed by atoms with Gasteiger partial charge in [-0.25, -0.2) is 0 Å². The van der Waals surface area contributed by atoms with Crippen LogP contribution in [0.4, 0.5) is 0 Å². The quantitative estimate of drug-likeness (QED) is 0.205. The summed E-state index contributed by atoms with van der Waals surface area (Å²) in [5.41, 5.74) is -0.556. The van der Waals surface area contributed by atoms with Crippen molar-refractivity contribution in [3.63, 3.8) is 0 Å². The fourth-order valence-corrected chi connectivity index (χ4v) is 3.83. The van der Waals surface area contributed by atoms with Gasteiger partial charge < -0.3 is 9.84 Å². The van der Waals surface area contributed by atoms with Crippen LogP contribution in [0.1, 0.15) is 97.8 Å². The Balaban J connectivity index is 2.11.